The molecule has 0 spiro atoms. The summed E-state index contributed by atoms with van der Waals surface area (Å²) in [5.74, 6) is 0.243. The third-order valence-electron chi connectivity index (χ3n) is 3.00. The largest absolute Gasteiger partial charge is 0.444 e. The molecule has 0 unspecified atom stereocenters. The molecule has 5 nitrogen and oxygen atoms in total. The van der Waals surface area contributed by atoms with E-state index in [0.717, 1.165) is 0 Å². The Bertz CT molecular complexity index is 505. The Hall–Kier alpha value is -1.37. The smallest absolute Gasteiger partial charge is 0.410 e. The number of aromatic nitrogens is 1. The maximum atomic E-state index is 13.4. The number of carbonyl (C=O) groups is 1. The third kappa shape index (κ3) is 4.56. The van der Waals surface area contributed by atoms with Gasteiger partial charge < -0.3 is 14.5 Å². The molecule has 1 aliphatic heterocycles. The average molecular weight is 360 g/mol. The molecule has 2 rings (SSSR count). The maximum Gasteiger partial charge on any atom is 0.410 e. The van der Waals surface area contributed by atoms with E-state index in [4.69, 9.17) is 4.74 Å². The molecule has 0 N–H and O–H groups in total. The van der Waals surface area contributed by atoms with Gasteiger partial charge in [0, 0.05) is 38.3 Å². The van der Waals surface area contributed by atoms with Crippen LogP contribution < -0.4 is 4.90 Å². The molecule has 0 atom stereocenters. The Labute approximate surface area is 132 Å². The van der Waals surface area contributed by atoms with Gasteiger partial charge in [0.15, 0.2) is 0 Å². The normalized spacial score (nSPS) is 16.0. The average Bonchev–Trinajstić information content (AvgIpc) is 2.35. The zero-order chi connectivity index (χ0) is 15.6. The summed E-state index contributed by atoms with van der Waals surface area (Å²) >= 11 is 3.19. The van der Waals surface area contributed by atoms with Gasteiger partial charge in [0.1, 0.15) is 21.8 Å². The van der Waals surface area contributed by atoms with E-state index in [1.807, 2.05) is 25.7 Å². The summed E-state index contributed by atoms with van der Waals surface area (Å²) < 4.78 is 19.2. The van der Waals surface area contributed by atoms with Crippen LogP contribution >= 0.6 is 15.9 Å². The second-order valence-corrected chi connectivity index (χ2v) is 6.73. The van der Waals surface area contributed by atoms with Crippen LogP contribution in [0.1, 0.15) is 20.8 Å². The van der Waals surface area contributed by atoms with Crippen molar-refractivity contribution in [2.45, 2.75) is 26.4 Å². The zero-order valence-electron chi connectivity index (χ0n) is 12.4. The van der Waals surface area contributed by atoms with Crippen LogP contribution in [0.5, 0.6) is 0 Å². The predicted molar refractivity (Wildman–Crippen MR) is 81.9 cm³/mol. The molecule has 116 valence electrons. The molecule has 0 aliphatic carbocycles. The van der Waals surface area contributed by atoms with Crippen LogP contribution in [0.4, 0.5) is 15.0 Å². The highest BCUT2D eigenvalue weighted by atomic mass is 79.9. The lowest BCUT2D eigenvalue weighted by Gasteiger charge is -2.36. The number of rotatable bonds is 1. The van der Waals surface area contributed by atoms with Gasteiger partial charge in [-0.3, -0.25) is 0 Å². The van der Waals surface area contributed by atoms with Gasteiger partial charge >= 0.3 is 6.09 Å². The SMILES string of the molecule is CC(C)(C)OC(=O)N1CCN(c2cc(F)cc(Br)n2)CC1. The van der Waals surface area contributed by atoms with Crippen molar-refractivity contribution in [3.63, 3.8) is 0 Å². The van der Waals surface area contributed by atoms with Gasteiger partial charge in [-0.05, 0) is 36.7 Å². The van der Waals surface area contributed by atoms with E-state index in [0.29, 0.717) is 36.6 Å². The van der Waals surface area contributed by atoms with Gasteiger partial charge in [-0.1, -0.05) is 0 Å². The molecule has 1 aromatic rings. The fraction of sp³-hybridized carbons (Fsp3) is 0.571. The van der Waals surface area contributed by atoms with Gasteiger partial charge in [-0.25, -0.2) is 14.2 Å². The first-order valence-electron chi connectivity index (χ1n) is 6.80. The van der Waals surface area contributed by atoms with Gasteiger partial charge in [0.05, 0.1) is 0 Å². The number of halogens is 2. The minimum atomic E-state index is -0.497. The van der Waals surface area contributed by atoms with E-state index in [2.05, 4.69) is 20.9 Å². The molecule has 2 heterocycles. The summed E-state index contributed by atoms with van der Waals surface area (Å²) in [5.41, 5.74) is -0.497. The molecule has 1 aliphatic rings. The number of amides is 1. The third-order valence-corrected chi connectivity index (χ3v) is 3.41. The van der Waals surface area contributed by atoms with Crippen LogP contribution in [0.2, 0.25) is 0 Å². The highest BCUT2D eigenvalue weighted by molar-refractivity contribution is 9.10. The molecule has 21 heavy (non-hydrogen) atoms. The fourth-order valence-electron chi connectivity index (χ4n) is 2.06. The molecule has 1 saturated heterocycles. The number of hydrogen-bond acceptors (Lipinski definition) is 4. The van der Waals surface area contributed by atoms with Crippen molar-refractivity contribution in [2.24, 2.45) is 0 Å². The van der Waals surface area contributed by atoms with Crippen molar-refractivity contribution in [3.05, 3.63) is 22.6 Å². The number of ether oxygens (including phenoxy) is 1. The van der Waals surface area contributed by atoms with Crippen molar-refractivity contribution < 1.29 is 13.9 Å². The van der Waals surface area contributed by atoms with E-state index >= 15 is 0 Å². The molecule has 0 saturated carbocycles. The number of anilines is 1. The maximum absolute atomic E-state index is 13.4. The molecule has 1 fully saturated rings. The van der Waals surface area contributed by atoms with Crippen LogP contribution in [0.15, 0.2) is 16.7 Å². The van der Waals surface area contributed by atoms with E-state index in [-0.39, 0.29) is 11.9 Å². The molecule has 1 amide bonds. The number of nitrogens with zero attached hydrogens (tertiary/aromatic N) is 3. The van der Waals surface area contributed by atoms with Gasteiger partial charge in [-0.2, -0.15) is 0 Å². The molecule has 1 aromatic heterocycles. The predicted octanol–water partition coefficient (Wildman–Crippen LogP) is 3.04. The van der Waals surface area contributed by atoms with Crippen LogP contribution in [-0.2, 0) is 4.74 Å². The number of hydrogen-bond donors (Lipinski definition) is 0. The van der Waals surface area contributed by atoms with Crippen molar-refractivity contribution in [1.82, 2.24) is 9.88 Å². The highest BCUT2D eigenvalue weighted by Crippen LogP contribution is 2.20. The first-order chi connectivity index (χ1) is 9.74. The standard InChI is InChI=1S/C14H19BrFN3O2/c1-14(2,3)21-13(20)19-6-4-18(5-7-19)12-9-10(16)8-11(15)17-12/h8-9H,4-7H2,1-3H3. The monoisotopic (exact) mass is 359 g/mol. The summed E-state index contributed by atoms with van der Waals surface area (Å²) in [7, 11) is 0. The lowest BCUT2D eigenvalue weighted by atomic mass is 10.2. The summed E-state index contributed by atoms with van der Waals surface area (Å²) in [4.78, 5) is 19.8. The van der Waals surface area contributed by atoms with E-state index < -0.39 is 5.60 Å². The quantitative estimate of drug-likeness (QED) is 0.723. The first kappa shape index (κ1) is 16.0. The summed E-state index contributed by atoms with van der Waals surface area (Å²) in [6.07, 6.45) is -0.310. The Morgan fingerprint density at radius 3 is 2.43 bits per heavy atom. The van der Waals surface area contributed by atoms with Crippen LogP contribution in [-0.4, -0.2) is 47.8 Å². The lowest BCUT2D eigenvalue weighted by Crippen LogP contribution is -2.50. The zero-order valence-corrected chi connectivity index (χ0v) is 14.0. The second-order valence-electron chi connectivity index (χ2n) is 5.92. The highest BCUT2D eigenvalue weighted by Gasteiger charge is 2.26. The van der Waals surface area contributed by atoms with Crippen LogP contribution in [0.25, 0.3) is 0 Å². The Kier molecular flexibility index (Phi) is 4.70. The topological polar surface area (TPSA) is 45.7 Å². The van der Waals surface area contributed by atoms with Crippen molar-refractivity contribution >= 4 is 27.8 Å². The lowest BCUT2D eigenvalue weighted by molar-refractivity contribution is 0.0240. The van der Waals surface area contributed by atoms with Crippen molar-refractivity contribution in [2.75, 3.05) is 31.1 Å². The fourth-order valence-corrected chi connectivity index (χ4v) is 2.46. The minimum absolute atomic E-state index is 0.310. The van der Waals surface area contributed by atoms with Crippen LogP contribution in [0.3, 0.4) is 0 Å². The Balaban J connectivity index is 1.95. The molecule has 0 aromatic carbocycles. The van der Waals surface area contributed by atoms with Gasteiger partial charge in [-0.15, -0.1) is 0 Å². The minimum Gasteiger partial charge on any atom is -0.444 e. The number of pyridine rings is 1. The molecular formula is C14H19BrFN3O2. The van der Waals surface area contributed by atoms with Crippen molar-refractivity contribution in [3.8, 4) is 0 Å². The Morgan fingerprint density at radius 2 is 1.90 bits per heavy atom. The van der Waals surface area contributed by atoms with Gasteiger partial charge in [0.2, 0.25) is 0 Å². The summed E-state index contributed by atoms with van der Waals surface area (Å²) in [5, 5.41) is 0. The molecular weight excluding hydrogens is 341 g/mol. The van der Waals surface area contributed by atoms with E-state index in [1.165, 1.54) is 12.1 Å². The summed E-state index contributed by atoms with van der Waals surface area (Å²) in [6, 6.07) is 2.72. The molecule has 7 heteroatoms. The van der Waals surface area contributed by atoms with E-state index in [9.17, 15) is 9.18 Å². The van der Waals surface area contributed by atoms with Crippen molar-refractivity contribution in [1.29, 1.82) is 0 Å². The first-order valence-corrected chi connectivity index (χ1v) is 7.60. The van der Waals surface area contributed by atoms with E-state index in [1.54, 1.807) is 4.90 Å². The second kappa shape index (κ2) is 6.17. The molecule has 0 radical (unpaired) electrons. The molecule has 0 bridgehead atoms. The Morgan fingerprint density at radius 1 is 1.29 bits per heavy atom. The van der Waals surface area contributed by atoms with Gasteiger partial charge in [0.25, 0.3) is 0 Å². The summed E-state index contributed by atoms with van der Waals surface area (Å²) in [6.45, 7) is 7.79. The van der Waals surface area contributed by atoms with Crippen LogP contribution in [0, 0.1) is 5.82 Å². The number of carbonyl (C=O) groups excluding carboxylic acids is 1. The number of piperazine rings is 1.